The molecule has 4 aliphatic rings. The predicted molar refractivity (Wildman–Crippen MR) is 114 cm³/mol. The molecule has 1 atom stereocenters. The van der Waals surface area contributed by atoms with Gasteiger partial charge >= 0.3 is 0 Å². The average Bonchev–Trinajstić information content (AvgIpc) is 2.65. The minimum absolute atomic E-state index is 0.0974. The molecule has 0 aliphatic heterocycles. The lowest BCUT2D eigenvalue weighted by atomic mass is 9.48. The number of hydrogen-bond acceptors (Lipinski definition) is 4. The first kappa shape index (κ1) is 20.2. The Morgan fingerprint density at radius 3 is 2.28 bits per heavy atom. The van der Waals surface area contributed by atoms with Crippen molar-refractivity contribution < 1.29 is 14.3 Å². The summed E-state index contributed by atoms with van der Waals surface area (Å²) in [4.78, 5) is 23.9. The summed E-state index contributed by atoms with van der Waals surface area (Å²) in [5, 5.41) is 9.18. The molecule has 6 heteroatoms. The van der Waals surface area contributed by atoms with Crippen LogP contribution in [0.25, 0.3) is 0 Å². The minimum Gasteiger partial charge on any atom is -0.495 e. The molecule has 4 bridgehead atoms. The Kier molecular flexibility index (Phi) is 5.56. The summed E-state index contributed by atoms with van der Waals surface area (Å²) in [5.41, 5.74) is 1.56. The number of ether oxygens (including phenoxy) is 1. The van der Waals surface area contributed by atoms with Crippen LogP contribution in [0.4, 0.5) is 11.4 Å². The summed E-state index contributed by atoms with van der Waals surface area (Å²) < 4.78 is 5.35. The Morgan fingerprint density at radius 2 is 1.72 bits per heavy atom. The molecule has 1 aromatic rings. The van der Waals surface area contributed by atoms with E-state index in [1.54, 1.807) is 25.3 Å². The fourth-order valence-corrected chi connectivity index (χ4v) is 6.45. The van der Waals surface area contributed by atoms with Gasteiger partial charge in [0, 0.05) is 18.7 Å². The van der Waals surface area contributed by atoms with Gasteiger partial charge in [0.25, 0.3) is 0 Å². The van der Waals surface area contributed by atoms with Crippen molar-refractivity contribution in [2.75, 3.05) is 24.3 Å². The summed E-state index contributed by atoms with van der Waals surface area (Å²) in [6.45, 7) is 3.99. The molecule has 4 fully saturated rings. The highest BCUT2D eigenvalue weighted by Gasteiger charge is 2.52. The van der Waals surface area contributed by atoms with Crippen LogP contribution in [0, 0.1) is 23.2 Å². The van der Waals surface area contributed by atoms with E-state index >= 15 is 0 Å². The van der Waals surface area contributed by atoms with Gasteiger partial charge in [0.15, 0.2) is 0 Å². The summed E-state index contributed by atoms with van der Waals surface area (Å²) in [5.74, 6) is 3.03. The van der Waals surface area contributed by atoms with Crippen molar-refractivity contribution in [1.29, 1.82) is 0 Å². The highest BCUT2D eigenvalue weighted by molar-refractivity contribution is 5.95. The van der Waals surface area contributed by atoms with E-state index in [1.807, 2.05) is 0 Å². The lowest BCUT2D eigenvalue weighted by Crippen LogP contribution is -2.55. The zero-order valence-electron chi connectivity index (χ0n) is 17.7. The van der Waals surface area contributed by atoms with Crippen molar-refractivity contribution in [3.8, 4) is 5.75 Å². The Hall–Kier alpha value is -2.08. The van der Waals surface area contributed by atoms with Crippen LogP contribution in [-0.2, 0) is 9.59 Å². The summed E-state index contributed by atoms with van der Waals surface area (Å²) in [6.07, 6.45) is 8.24. The number of amides is 2. The normalized spacial score (nSPS) is 30.7. The molecule has 0 saturated heterocycles. The molecule has 3 N–H and O–H groups in total. The molecule has 0 heterocycles. The molecule has 158 valence electrons. The molecule has 1 aromatic carbocycles. The molecular weight excluding hydrogens is 366 g/mol. The SMILES string of the molecule is COc1ccc(NC(C)=O)cc1NC(=O)CN[C@H](C)C12CC3CC(CC(C3)C1)C2. The van der Waals surface area contributed by atoms with Gasteiger partial charge in [-0.1, -0.05) is 0 Å². The topological polar surface area (TPSA) is 79.5 Å². The van der Waals surface area contributed by atoms with Crippen molar-refractivity contribution in [1.82, 2.24) is 5.32 Å². The third-order valence-corrected chi connectivity index (χ3v) is 7.37. The maximum atomic E-state index is 12.6. The van der Waals surface area contributed by atoms with Crippen LogP contribution in [0.15, 0.2) is 18.2 Å². The summed E-state index contributed by atoms with van der Waals surface area (Å²) >= 11 is 0. The Morgan fingerprint density at radius 1 is 1.10 bits per heavy atom. The number of carbonyl (C=O) groups is 2. The first-order chi connectivity index (χ1) is 13.9. The Balaban J connectivity index is 1.36. The van der Waals surface area contributed by atoms with Crippen LogP contribution in [0.5, 0.6) is 5.75 Å². The highest BCUT2D eigenvalue weighted by Crippen LogP contribution is 2.61. The molecule has 5 rings (SSSR count). The standard InChI is InChI=1S/C23H33N3O3/c1-14(23-10-16-6-17(11-23)8-18(7-16)12-23)24-13-22(28)26-20-9-19(25-15(2)27)4-5-21(20)29-3/h4-5,9,14,16-18,24H,6-8,10-13H2,1-3H3,(H,25,27)(H,26,28)/t14-,16?,17?,18?,23?/m1/s1. The van der Waals surface area contributed by atoms with E-state index < -0.39 is 0 Å². The lowest BCUT2D eigenvalue weighted by Gasteiger charge is -2.59. The van der Waals surface area contributed by atoms with Crippen LogP contribution >= 0.6 is 0 Å². The third kappa shape index (κ3) is 4.27. The minimum atomic E-state index is -0.154. The van der Waals surface area contributed by atoms with Crippen LogP contribution in [0.3, 0.4) is 0 Å². The second-order valence-corrected chi connectivity index (χ2v) is 9.53. The van der Waals surface area contributed by atoms with Crippen molar-refractivity contribution >= 4 is 23.2 Å². The van der Waals surface area contributed by atoms with Gasteiger partial charge in [-0.25, -0.2) is 0 Å². The molecule has 4 saturated carbocycles. The smallest absolute Gasteiger partial charge is 0.238 e. The molecule has 0 radical (unpaired) electrons. The van der Waals surface area contributed by atoms with E-state index in [0.29, 0.717) is 28.6 Å². The van der Waals surface area contributed by atoms with E-state index in [1.165, 1.54) is 45.4 Å². The molecule has 0 spiro atoms. The number of methoxy groups -OCH3 is 1. The average molecular weight is 400 g/mol. The second kappa shape index (κ2) is 7.98. The van der Waals surface area contributed by atoms with Gasteiger partial charge in [0.1, 0.15) is 5.75 Å². The van der Waals surface area contributed by atoms with Crippen LogP contribution < -0.4 is 20.7 Å². The van der Waals surface area contributed by atoms with Gasteiger partial charge in [-0.15, -0.1) is 0 Å². The van der Waals surface area contributed by atoms with Gasteiger partial charge < -0.3 is 20.7 Å². The van der Waals surface area contributed by atoms with E-state index in [-0.39, 0.29) is 18.4 Å². The molecule has 4 aliphatic carbocycles. The quantitative estimate of drug-likeness (QED) is 0.652. The third-order valence-electron chi connectivity index (χ3n) is 7.37. The van der Waals surface area contributed by atoms with E-state index in [4.69, 9.17) is 4.74 Å². The lowest BCUT2D eigenvalue weighted by molar-refractivity contribution is -0.116. The van der Waals surface area contributed by atoms with Crippen molar-refractivity contribution in [2.45, 2.75) is 58.4 Å². The molecule has 0 aromatic heterocycles. The number of anilines is 2. The van der Waals surface area contributed by atoms with Gasteiger partial charge in [-0.05, 0) is 86.8 Å². The van der Waals surface area contributed by atoms with Gasteiger partial charge in [0.2, 0.25) is 11.8 Å². The van der Waals surface area contributed by atoms with Gasteiger partial charge in [0.05, 0.1) is 19.3 Å². The summed E-state index contributed by atoms with van der Waals surface area (Å²) in [7, 11) is 1.57. The predicted octanol–water partition coefficient (Wildman–Crippen LogP) is 3.79. The fraction of sp³-hybridized carbons (Fsp3) is 0.652. The maximum absolute atomic E-state index is 12.6. The van der Waals surface area contributed by atoms with Crippen LogP contribution in [0.1, 0.15) is 52.4 Å². The van der Waals surface area contributed by atoms with Crippen molar-refractivity contribution in [3.05, 3.63) is 18.2 Å². The van der Waals surface area contributed by atoms with Gasteiger partial charge in [-0.2, -0.15) is 0 Å². The van der Waals surface area contributed by atoms with Crippen LogP contribution in [-0.4, -0.2) is 31.5 Å². The van der Waals surface area contributed by atoms with E-state index in [9.17, 15) is 9.59 Å². The van der Waals surface area contributed by atoms with Gasteiger partial charge in [-0.3, -0.25) is 9.59 Å². The van der Waals surface area contributed by atoms with E-state index in [2.05, 4.69) is 22.9 Å². The number of carbonyl (C=O) groups excluding carboxylic acids is 2. The molecule has 6 nitrogen and oxygen atoms in total. The van der Waals surface area contributed by atoms with Crippen molar-refractivity contribution in [2.24, 2.45) is 23.2 Å². The molecule has 29 heavy (non-hydrogen) atoms. The second-order valence-electron chi connectivity index (χ2n) is 9.53. The number of hydrogen-bond donors (Lipinski definition) is 3. The highest BCUT2D eigenvalue weighted by atomic mass is 16.5. The van der Waals surface area contributed by atoms with Crippen molar-refractivity contribution in [3.63, 3.8) is 0 Å². The number of benzene rings is 1. The Bertz CT molecular complexity index is 756. The first-order valence-corrected chi connectivity index (χ1v) is 10.9. The summed E-state index contributed by atoms with van der Waals surface area (Å²) in [6, 6.07) is 5.56. The molecule has 0 unspecified atom stereocenters. The Labute approximate surface area is 173 Å². The van der Waals surface area contributed by atoms with Crippen LogP contribution in [0.2, 0.25) is 0 Å². The number of nitrogens with one attached hydrogen (secondary N) is 3. The zero-order chi connectivity index (χ0) is 20.6. The fourth-order valence-electron chi connectivity index (χ4n) is 6.45. The number of rotatable bonds is 7. The van der Waals surface area contributed by atoms with E-state index in [0.717, 1.165) is 17.8 Å². The zero-order valence-corrected chi connectivity index (χ0v) is 17.7. The molecular formula is C23H33N3O3. The monoisotopic (exact) mass is 399 g/mol. The largest absolute Gasteiger partial charge is 0.495 e. The maximum Gasteiger partial charge on any atom is 0.238 e. The molecule has 2 amide bonds. The first-order valence-electron chi connectivity index (χ1n) is 10.9.